The smallest absolute Gasteiger partial charge is 0.265 e. The van der Waals surface area contributed by atoms with Crippen LogP contribution in [0.5, 0.6) is 5.75 Å². The number of hydrogen-bond acceptors (Lipinski definition) is 3. The minimum atomic E-state index is 0.0375. The van der Waals surface area contributed by atoms with Crippen LogP contribution in [0, 0.1) is 5.41 Å². The fourth-order valence-corrected chi connectivity index (χ4v) is 3.54. The van der Waals surface area contributed by atoms with E-state index in [0.29, 0.717) is 0 Å². The standard InChI is InChI=1S/C15H18BrNO3/c16-10-15(5-7-19-8-6-15)11-17-12-3-1-2-4-13(12)20-9-14(17)18/h1-4H,5-11H2. The lowest BCUT2D eigenvalue weighted by Gasteiger charge is -2.41. The lowest BCUT2D eigenvalue weighted by molar-refractivity contribution is -0.121. The average molecular weight is 340 g/mol. The van der Waals surface area contributed by atoms with Gasteiger partial charge in [0.1, 0.15) is 5.75 Å². The van der Waals surface area contributed by atoms with Crippen molar-refractivity contribution in [1.29, 1.82) is 0 Å². The van der Waals surface area contributed by atoms with Crippen molar-refractivity contribution >= 4 is 27.5 Å². The molecule has 1 amide bonds. The summed E-state index contributed by atoms with van der Waals surface area (Å²) in [6.45, 7) is 2.39. The predicted octanol–water partition coefficient (Wildman–Crippen LogP) is 2.60. The minimum Gasteiger partial charge on any atom is -0.482 e. The van der Waals surface area contributed by atoms with Crippen molar-refractivity contribution in [2.24, 2.45) is 5.41 Å². The number of ether oxygens (including phenoxy) is 2. The van der Waals surface area contributed by atoms with Crippen LogP contribution in [0.3, 0.4) is 0 Å². The SMILES string of the molecule is O=C1COc2ccccc2N1CC1(CBr)CCOCC1. The van der Waals surface area contributed by atoms with Crippen LogP contribution in [0.15, 0.2) is 24.3 Å². The van der Waals surface area contributed by atoms with Crippen LogP contribution in [-0.2, 0) is 9.53 Å². The number of nitrogens with zero attached hydrogens (tertiary/aromatic N) is 1. The van der Waals surface area contributed by atoms with E-state index in [9.17, 15) is 4.79 Å². The predicted molar refractivity (Wildman–Crippen MR) is 80.6 cm³/mol. The molecule has 0 aliphatic carbocycles. The summed E-state index contributed by atoms with van der Waals surface area (Å²) in [6, 6.07) is 7.74. The number of para-hydroxylation sites is 2. The summed E-state index contributed by atoms with van der Waals surface area (Å²) in [4.78, 5) is 14.1. The average Bonchev–Trinajstić information content (AvgIpc) is 2.51. The first-order valence-electron chi connectivity index (χ1n) is 6.90. The molecule has 1 fully saturated rings. The molecule has 0 atom stereocenters. The molecular weight excluding hydrogens is 322 g/mol. The van der Waals surface area contributed by atoms with Gasteiger partial charge in [-0.2, -0.15) is 0 Å². The Kier molecular flexibility index (Phi) is 3.98. The molecule has 2 heterocycles. The largest absolute Gasteiger partial charge is 0.482 e. The molecular formula is C15H18BrNO3. The third-order valence-electron chi connectivity index (χ3n) is 4.14. The van der Waals surface area contributed by atoms with Gasteiger partial charge >= 0.3 is 0 Å². The van der Waals surface area contributed by atoms with Crippen LogP contribution < -0.4 is 9.64 Å². The highest BCUT2D eigenvalue weighted by atomic mass is 79.9. The fraction of sp³-hybridized carbons (Fsp3) is 0.533. The number of fused-ring (bicyclic) bond motifs is 1. The van der Waals surface area contributed by atoms with Crippen LogP contribution in [0.2, 0.25) is 0 Å². The summed E-state index contributed by atoms with van der Waals surface area (Å²) < 4.78 is 11.0. The number of carbonyl (C=O) groups is 1. The minimum absolute atomic E-state index is 0.0375. The maximum Gasteiger partial charge on any atom is 0.265 e. The van der Waals surface area contributed by atoms with E-state index in [-0.39, 0.29) is 17.9 Å². The number of benzene rings is 1. The molecule has 0 bridgehead atoms. The molecule has 3 rings (SSSR count). The lowest BCUT2D eigenvalue weighted by atomic mass is 9.81. The second kappa shape index (κ2) is 5.74. The Hall–Kier alpha value is -1.07. The number of amides is 1. The van der Waals surface area contributed by atoms with Gasteiger partial charge in [-0.1, -0.05) is 28.1 Å². The summed E-state index contributed by atoms with van der Waals surface area (Å²) in [5.41, 5.74) is 0.980. The summed E-state index contributed by atoms with van der Waals surface area (Å²) in [6.07, 6.45) is 1.95. The van der Waals surface area contributed by atoms with Crippen molar-refractivity contribution in [2.75, 3.05) is 36.6 Å². The first-order valence-corrected chi connectivity index (χ1v) is 8.02. The highest BCUT2D eigenvalue weighted by molar-refractivity contribution is 9.09. The number of halogens is 1. The third-order valence-corrected chi connectivity index (χ3v) is 5.33. The zero-order valence-corrected chi connectivity index (χ0v) is 12.9. The first kappa shape index (κ1) is 13.9. The topological polar surface area (TPSA) is 38.8 Å². The summed E-state index contributed by atoms with van der Waals surface area (Å²) in [7, 11) is 0. The molecule has 4 nitrogen and oxygen atoms in total. The van der Waals surface area contributed by atoms with Crippen LogP contribution in [-0.4, -0.2) is 37.6 Å². The molecule has 108 valence electrons. The monoisotopic (exact) mass is 339 g/mol. The zero-order valence-electron chi connectivity index (χ0n) is 11.3. The number of hydrogen-bond donors (Lipinski definition) is 0. The number of carbonyl (C=O) groups excluding carboxylic acids is 1. The van der Waals surface area contributed by atoms with Gasteiger partial charge in [0.15, 0.2) is 6.61 Å². The molecule has 1 aromatic carbocycles. The van der Waals surface area contributed by atoms with Gasteiger partial charge in [0, 0.05) is 30.5 Å². The Balaban J connectivity index is 1.87. The molecule has 0 unspecified atom stereocenters. The molecule has 5 heteroatoms. The van der Waals surface area contributed by atoms with Gasteiger partial charge < -0.3 is 14.4 Å². The Morgan fingerprint density at radius 2 is 2.00 bits per heavy atom. The van der Waals surface area contributed by atoms with Crippen LogP contribution >= 0.6 is 15.9 Å². The summed E-state index contributed by atoms with van der Waals surface area (Å²) in [5, 5.41) is 0.885. The van der Waals surface area contributed by atoms with Gasteiger partial charge in [-0.15, -0.1) is 0 Å². The van der Waals surface area contributed by atoms with Crippen molar-refractivity contribution in [2.45, 2.75) is 12.8 Å². The van der Waals surface area contributed by atoms with E-state index in [1.165, 1.54) is 0 Å². The molecule has 0 radical (unpaired) electrons. The molecule has 0 saturated carbocycles. The van der Waals surface area contributed by atoms with Gasteiger partial charge in [-0.05, 0) is 25.0 Å². The van der Waals surface area contributed by atoms with Crippen LogP contribution in [0.1, 0.15) is 12.8 Å². The molecule has 0 spiro atoms. The van der Waals surface area contributed by atoms with Crippen LogP contribution in [0.4, 0.5) is 5.69 Å². The van der Waals surface area contributed by atoms with E-state index >= 15 is 0 Å². The fourth-order valence-electron chi connectivity index (χ4n) is 2.80. The molecule has 20 heavy (non-hydrogen) atoms. The van der Waals surface area contributed by atoms with E-state index < -0.39 is 0 Å². The Bertz CT molecular complexity index is 500. The third kappa shape index (κ3) is 2.56. The summed E-state index contributed by atoms with van der Waals surface area (Å²) >= 11 is 3.63. The second-order valence-electron chi connectivity index (χ2n) is 5.48. The van der Waals surface area contributed by atoms with Crippen molar-refractivity contribution in [1.82, 2.24) is 0 Å². The normalized spacial score (nSPS) is 21.2. The highest BCUT2D eigenvalue weighted by Crippen LogP contribution is 2.38. The first-order chi connectivity index (χ1) is 9.74. The maximum atomic E-state index is 12.2. The lowest BCUT2D eigenvalue weighted by Crippen LogP contribution is -2.48. The number of anilines is 1. The molecule has 0 aromatic heterocycles. The van der Waals surface area contributed by atoms with Crippen LogP contribution in [0.25, 0.3) is 0 Å². The van der Waals surface area contributed by atoms with Gasteiger partial charge in [-0.25, -0.2) is 0 Å². The number of alkyl halides is 1. The van der Waals surface area contributed by atoms with Gasteiger partial charge in [0.25, 0.3) is 5.91 Å². The van der Waals surface area contributed by atoms with Gasteiger partial charge in [0.2, 0.25) is 0 Å². The Morgan fingerprint density at radius 3 is 2.75 bits per heavy atom. The van der Waals surface area contributed by atoms with E-state index in [1.54, 1.807) is 0 Å². The van der Waals surface area contributed by atoms with Crippen molar-refractivity contribution in [3.05, 3.63) is 24.3 Å². The van der Waals surface area contributed by atoms with E-state index in [2.05, 4.69) is 15.9 Å². The van der Waals surface area contributed by atoms with E-state index in [4.69, 9.17) is 9.47 Å². The maximum absolute atomic E-state index is 12.2. The van der Waals surface area contributed by atoms with Crippen molar-refractivity contribution in [3.63, 3.8) is 0 Å². The highest BCUT2D eigenvalue weighted by Gasteiger charge is 2.37. The second-order valence-corrected chi connectivity index (χ2v) is 6.04. The van der Waals surface area contributed by atoms with Gasteiger partial charge in [-0.3, -0.25) is 4.79 Å². The van der Waals surface area contributed by atoms with E-state index in [1.807, 2.05) is 29.2 Å². The molecule has 1 saturated heterocycles. The van der Waals surface area contributed by atoms with E-state index in [0.717, 1.165) is 49.4 Å². The quantitative estimate of drug-likeness (QED) is 0.794. The molecule has 0 N–H and O–H groups in total. The molecule has 2 aliphatic heterocycles. The van der Waals surface area contributed by atoms with Crippen molar-refractivity contribution < 1.29 is 14.3 Å². The Morgan fingerprint density at radius 1 is 1.25 bits per heavy atom. The zero-order chi connectivity index (χ0) is 14.0. The molecule has 2 aliphatic rings. The summed E-state index contributed by atoms with van der Waals surface area (Å²) in [5.74, 6) is 0.833. The van der Waals surface area contributed by atoms with Gasteiger partial charge in [0.05, 0.1) is 5.69 Å². The Labute approximate surface area is 127 Å². The van der Waals surface area contributed by atoms with Crippen molar-refractivity contribution in [3.8, 4) is 5.75 Å². The molecule has 1 aromatic rings. The number of rotatable bonds is 3.